The minimum absolute atomic E-state index is 0.0957. The van der Waals surface area contributed by atoms with E-state index in [-0.39, 0.29) is 23.3 Å². The molecule has 2 aromatic rings. The topological polar surface area (TPSA) is 48.3 Å². The Kier molecular flexibility index (Phi) is 3.84. The number of benzene rings is 1. The van der Waals surface area contributed by atoms with Gasteiger partial charge in [0.15, 0.2) is 6.29 Å². The van der Waals surface area contributed by atoms with Gasteiger partial charge in [0, 0.05) is 11.6 Å². The van der Waals surface area contributed by atoms with Crippen molar-refractivity contribution in [3.05, 3.63) is 52.3 Å². The second-order valence-electron chi connectivity index (χ2n) is 5.89. The van der Waals surface area contributed by atoms with E-state index in [9.17, 15) is 9.59 Å². The van der Waals surface area contributed by atoms with Gasteiger partial charge in [-0.05, 0) is 51.0 Å². The third-order valence-corrected chi connectivity index (χ3v) is 3.69. The number of carbonyl (C=O) groups is 1. The number of hydrogen-bond donors (Lipinski definition) is 0. The molecule has 0 bridgehead atoms. The molecule has 0 spiro atoms. The van der Waals surface area contributed by atoms with Gasteiger partial charge in [-0.25, -0.2) is 0 Å². The van der Waals surface area contributed by atoms with Crippen molar-refractivity contribution in [1.29, 1.82) is 0 Å². The molecule has 1 heterocycles. The lowest BCUT2D eigenvalue weighted by Gasteiger charge is -2.15. The largest absolute Gasteiger partial charge is 0.491 e. The van der Waals surface area contributed by atoms with Crippen molar-refractivity contribution in [3.8, 4) is 17.0 Å². The molecular weight excluding hydrogens is 278 g/mol. The molecule has 1 aromatic heterocycles. The maximum atomic E-state index is 12.4. The van der Waals surface area contributed by atoms with Crippen molar-refractivity contribution in [1.82, 2.24) is 4.57 Å². The summed E-state index contributed by atoms with van der Waals surface area (Å²) in [5.41, 5.74) is 1.78. The van der Waals surface area contributed by atoms with Crippen molar-refractivity contribution < 1.29 is 9.53 Å². The zero-order valence-electron chi connectivity index (χ0n) is 12.8. The Balaban J connectivity index is 2.10. The van der Waals surface area contributed by atoms with Gasteiger partial charge in [0.2, 0.25) is 0 Å². The van der Waals surface area contributed by atoms with Crippen molar-refractivity contribution in [2.24, 2.45) is 0 Å². The molecule has 3 rings (SSSR count). The standard InChI is InChI=1S/C18H19NO3/c1-12(2)22-16-5-3-4-13(10-16)17-9-6-14(11-20)18(21)19(17)15-7-8-15/h3-6,9-12,15H,7-8H2,1-2H3. The number of aromatic nitrogens is 1. The Labute approximate surface area is 129 Å². The SMILES string of the molecule is CC(C)Oc1cccc(-c2ccc(C=O)c(=O)n2C2CC2)c1. The highest BCUT2D eigenvalue weighted by Crippen LogP contribution is 2.37. The monoisotopic (exact) mass is 297 g/mol. The van der Waals surface area contributed by atoms with E-state index in [4.69, 9.17) is 4.74 Å². The summed E-state index contributed by atoms with van der Waals surface area (Å²) in [4.78, 5) is 23.5. The Morgan fingerprint density at radius 3 is 2.64 bits per heavy atom. The Hall–Kier alpha value is -2.36. The van der Waals surface area contributed by atoms with Crippen LogP contribution in [0.5, 0.6) is 5.75 Å². The van der Waals surface area contributed by atoms with Crippen LogP contribution in [0.4, 0.5) is 0 Å². The molecule has 4 heteroatoms. The van der Waals surface area contributed by atoms with E-state index >= 15 is 0 Å². The summed E-state index contributed by atoms with van der Waals surface area (Å²) in [5.74, 6) is 0.779. The molecule has 0 N–H and O–H groups in total. The highest BCUT2D eigenvalue weighted by atomic mass is 16.5. The van der Waals surface area contributed by atoms with Crippen LogP contribution in [0, 0.1) is 0 Å². The molecule has 114 valence electrons. The lowest BCUT2D eigenvalue weighted by molar-refractivity contribution is 0.112. The first-order valence-corrected chi connectivity index (χ1v) is 7.58. The lowest BCUT2D eigenvalue weighted by Crippen LogP contribution is -2.24. The number of carbonyl (C=O) groups excluding carboxylic acids is 1. The summed E-state index contributed by atoms with van der Waals surface area (Å²) in [5, 5.41) is 0. The summed E-state index contributed by atoms with van der Waals surface area (Å²) in [6.07, 6.45) is 2.69. The van der Waals surface area contributed by atoms with Crippen LogP contribution in [0.2, 0.25) is 0 Å². The predicted octanol–water partition coefficient (Wildman–Crippen LogP) is 3.45. The molecule has 4 nitrogen and oxygen atoms in total. The normalized spacial score (nSPS) is 14.1. The van der Waals surface area contributed by atoms with Gasteiger partial charge in [0.25, 0.3) is 5.56 Å². The number of pyridine rings is 1. The lowest BCUT2D eigenvalue weighted by atomic mass is 10.1. The summed E-state index contributed by atoms with van der Waals surface area (Å²) < 4.78 is 7.47. The van der Waals surface area contributed by atoms with E-state index < -0.39 is 0 Å². The summed E-state index contributed by atoms with van der Waals surface area (Å²) in [7, 11) is 0. The van der Waals surface area contributed by atoms with Gasteiger partial charge in [0.05, 0.1) is 17.4 Å². The summed E-state index contributed by atoms with van der Waals surface area (Å²) >= 11 is 0. The highest BCUT2D eigenvalue weighted by molar-refractivity contribution is 5.75. The molecule has 0 saturated heterocycles. The molecule has 0 amide bonds. The van der Waals surface area contributed by atoms with Gasteiger partial charge in [-0.1, -0.05) is 12.1 Å². The van der Waals surface area contributed by atoms with Gasteiger partial charge < -0.3 is 9.30 Å². The maximum Gasteiger partial charge on any atom is 0.261 e. The van der Waals surface area contributed by atoms with Gasteiger partial charge in [-0.2, -0.15) is 0 Å². The van der Waals surface area contributed by atoms with Crippen LogP contribution >= 0.6 is 0 Å². The zero-order valence-corrected chi connectivity index (χ0v) is 12.8. The zero-order chi connectivity index (χ0) is 15.7. The third-order valence-electron chi connectivity index (χ3n) is 3.69. The van der Waals surface area contributed by atoms with E-state index in [2.05, 4.69) is 0 Å². The molecule has 1 fully saturated rings. The van der Waals surface area contributed by atoms with Crippen LogP contribution < -0.4 is 10.3 Å². The predicted molar refractivity (Wildman–Crippen MR) is 85.6 cm³/mol. The fourth-order valence-corrected chi connectivity index (χ4v) is 2.59. The van der Waals surface area contributed by atoms with Gasteiger partial charge in [0.1, 0.15) is 5.75 Å². The van der Waals surface area contributed by atoms with E-state index in [1.54, 1.807) is 10.6 Å². The van der Waals surface area contributed by atoms with Gasteiger partial charge >= 0.3 is 0 Å². The number of ether oxygens (including phenoxy) is 1. The fourth-order valence-electron chi connectivity index (χ4n) is 2.59. The van der Waals surface area contributed by atoms with Crippen LogP contribution in [0.3, 0.4) is 0 Å². The van der Waals surface area contributed by atoms with E-state index in [1.807, 2.05) is 44.2 Å². The number of rotatable bonds is 5. The summed E-state index contributed by atoms with van der Waals surface area (Å²) in [6, 6.07) is 11.4. The van der Waals surface area contributed by atoms with Crippen LogP contribution in [0.15, 0.2) is 41.2 Å². The number of nitrogens with zero attached hydrogens (tertiary/aromatic N) is 1. The van der Waals surface area contributed by atoms with Gasteiger partial charge in [-0.15, -0.1) is 0 Å². The molecule has 1 saturated carbocycles. The second-order valence-corrected chi connectivity index (χ2v) is 5.89. The first kappa shape index (κ1) is 14.6. The molecular formula is C18H19NO3. The molecule has 0 radical (unpaired) electrons. The molecule has 0 atom stereocenters. The molecule has 1 aliphatic carbocycles. The third kappa shape index (κ3) is 2.82. The van der Waals surface area contributed by atoms with Gasteiger partial charge in [-0.3, -0.25) is 9.59 Å². The minimum Gasteiger partial charge on any atom is -0.491 e. The average Bonchev–Trinajstić information content (AvgIpc) is 3.31. The number of aldehydes is 1. The van der Waals surface area contributed by atoms with Crippen molar-refractivity contribution >= 4 is 6.29 Å². The Morgan fingerprint density at radius 2 is 2.00 bits per heavy atom. The quantitative estimate of drug-likeness (QED) is 0.794. The summed E-state index contributed by atoms with van der Waals surface area (Å²) in [6.45, 7) is 3.96. The minimum atomic E-state index is -0.204. The van der Waals surface area contributed by atoms with Crippen molar-refractivity contribution in [3.63, 3.8) is 0 Å². The fraction of sp³-hybridized carbons (Fsp3) is 0.333. The molecule has 0 unspecified atom stereocenters. The van der Waals surface area contributed by atoms with Crippen molar-refractivity contribution in [2.45, 2.75) is 38.8 Å². The smallest absolute Gasteiger partial charge is 0.261 e. The van der Waals surface area contributed by atoms with Crippen LogP contribution in [-0.4, -0.2) is 17.0 Å². The molecule has 1 aromatic carbocycles. The molecule has 22 heavy (non-hydrogen) atoms. The Bertz CT molecular complexity index is 757. The van der Waals surface area contributed by atoms with Crippen LogP contribution in [-0.2, 0) is 0 Å². The van der Waals surface area contributed by atoms with Crippen molar-refractivity contribution in [2.75, 3.05) is 0 Å². The maximum absolute atomic E-state index is 12.4. The second kappa shape index (κ2) is 5.79. The molecule has 0 aliphatic heterocycles. The highest BCUT2D eigenvalue weighted by Gasteiger charge is 2.28. The first-order valence-electron chi connectivity index (χ1n) is 7.58. The first-order chi connectivity index (χ1) is 10.6. The number of hydrogen-bond acceptors (Lipinski definition) is 3. The van der Waals surface area contributed by atoms with Crippen LogP contribution in [0.1, 0.15) is 43.1 Å². The van der Waals surface area contributed by atoms with E-state index in [1.165, 1.54) is 0 Å². The van der Waals surface area contributed by atoms with E-state index in [0.717, 1.165) is 29.8 Å². The average molecular weight is 297 g/mol. The Morgan fingerprint density at radius 1 is 1.23 bits per heavy atom. The van der Waals surface area contributed by atoms with Crippen LogP contribution in [0.25, 0.3) is 11.3 Å². The van der Waals surface area contributed by atoms with E-state index in [0.29, 0.717) is 6.29 Å². The molecule has 1 aliphatic rings.